The summed E-state index contributed by atoms with van der Waals surface area (Å²) in [6.45, 7) is 0. The average Bonchev–Trinajstić information content (AvgIpc) is 3.88. The molecule has 3 heterocycles. The van der Waals surface area contributed by atoms with Crippen molar-refractivity contribution in [2.75, 3.05) is 0 Å². The minimum atomic E-state index is 0.628. The third kappa shape index (κ3) is 5.81. The molecule has 1 aliphatic rings. The highest BCUT2D eigenvalue weighted by Crippen LogP contribution is 2.47. The molecule has 0 bridgehead atoms. The van der Waals surface area contributed by atoms with E-state index in [0.717, 1.165) is 57.6 Å². The van der Waals surface area contributed by atoms with Gasteiger partial charge in [-0.3, -0.25) is 0 Å². The molecule has 0 spiro atoms. The molecule has 3 aromatic heterocycles. The maximum absolute atomic E-state index is 5.35. The summed E-state index contributed by atoms with van der Waals surface area (Å²) in [5, 5.41) is 3.73. The fourth-order valence-electron chi connectivity index (χ4n) is 9.64. The molecule has 8 aromatic carbocycles. The highest BCUT2D eigenvalue weighted by Gasteiger charge is 2.29. The number of hydrogen-bond donors (Lipinski definition) is 0. The lowest BCUT2D eigenvalue weighted by atomic mass is 9.87. The molecule has 5 nitrogen and oxygen atoms in total. The molecule has 12 rings (SSSR count). The number of aromatic nitrogens is 5. The molecule has 0 saturated carbocycles. The lowest BCUT2D eigenvalue weighted by Crippen LogP contribution is -2.09. The Morgan fingerprint density at radius 2 is 0.887 bits per heavy atom. The molecule has 5 heteroatoms. The molecule has 0 saturated heterocycles. The largest absolute Gasteiger partial charge is 0.312 e. The third-order valence-corrected chi connectivity index (χ3v) is 12.3. The fourth-order valence-corrected chi connectivity index (χ4v) is 9.64. The van der Waals surface area contributed by atoms with Crippen LogP contribution in [0.5, 0.6) is 0 Å². The van der Waals surface area contributed by atoms with Crippen LogP contribution < -0.4 is 0 Å². The number of para-hydroxylation sites is 3. The molecule has 0 atom stereocenters. The van der Waals surface area contributed by atoms with E-state index in [2.05, 4.69) is 185 Å². The molecule has 62 heavy (non-hydrogen) atoms. The minimum Gasteiger partial charge on any atom is -0.312 e. The fraction of sp³-hybridized carbons (Fsp3) is 0.0351. The Morgan fingerprint density at radius 1 is 0.371 bits per heavy atom. The first-order chi connectivity index (χ1) is 30.8. The summed E-state index contributed by atoms with van der Waals surface area (Å²) in [5.74, 6) is 1.90. The van der Waals surface area contributed by atoms with Crippen LogP contribution in [-0.2, 0) is 6.42 Å². The van der Waals surface area contributed by atoms with Gasteiger partial charge in [0.1, 0.15) is 0 Å². The molecule has 0 aliphatic heterocycles. The Bertz CT molecular complexity index is 3440. The summed E-state index contributed by atoms with van der Waals surface area (Å²) < 4.78 is 4.91. The van der Waals surface area contributed by atoms with Gasteiger partial charge in [-0.2, -0.15) is 0 Å². The topological polar surface area (TPSA) is 48.5 Å². The van der Waals surface area contributed by atoms with Crippen molar-refractivity contribution in [3.63, 3.8) is 0 Å². The van der Waals surface area contributed by atoms with Crippen molar-refractivity contribution in [2.45, 2.75) is 12.8 Å². The van der Waals surface area contributed by atoms with Gasteiger partial charge in [0.2, 0.25) is 0 Å². The molecule has 11 aromatic rings. The first-order valence-corrected chi connectivity index (χ1v) is 21.3. The van der Waals surface area contributed by atoms with Crippen molar-refractivity contribution in [3.05, 3.63) is 229 Å². The van der Waals surface area contributed by atoms with Gasteiger partial charge in [0.25, 0.3) is 0 Å². The minimum absolute atomic E-state index is 0.628. The summed E-state index contributed by atoms with van der Waals surface area (Å²) in [6, 6.07) is 73.0. The molecule has 0 unspecified atom stereocenters. The van der Waals surface area contributed by atoms with Gasteiger partial charge in [-0.25, -0.2) is 15.0 Å². The third-order valence-electron chi connectivity index (χ3n) is 12.3. The quantitative estimate of drug-likeness (QED) is 0.161. The van der Waals surface area contributed by atoms with Gasteiger partial charge in [0.05, 0.1) is 27.8 Å². The van der Waals surface area contributed by atoms with Crippen molar-refractivity contribution in [3.8, 4) is 56.7 Å². The van der Waals surface area contributed by atoms with Gasteiger partial charge in [-0.1, -0.05) is 176 Å². The SMILES string of the molecule is C1=C(c2cccc3c2c2ccccc2n3-c2ccccc2)c2c(n(-c3cccc(-c4ccccc4)c3-c3nc(-c4ccccc4)nc(-c4ccccc4)n3)c3ccccc23)CC1. The van der Waals surface area contributed by atoms with E-state index in [1.807, 2.05) is 36.4 Å². The normalized spacial score (nSPS) is 12.5. The van der Waals surface area contributed by atoms with E-state index in [9.17, 15) is 0 Å². The Balaban J connectivity index is 1.14. The summed E-state index contributed by atoms with van der Waals surface area (Å²) in [7, 11) is 0. The van der Waals surface area contributed by atoms with E-state index >= 15 is 0 Å². The van der Waals surface area contributed by atoms with E-state index in [0.29, 0.717) is 17.5 Å². The highest BCUT2D eigenvalue weighted by atomic mass is 15.1. The summed E-state index contributed by atoms with van der Waals surface area (Å²) in [4.78, 5) is 15.8. The predicted molar refractivity (Wildman–Crippen MR) is 255 cm³/mol. The van der Waals surface area contributed by atoms with Gasteiger partial charge in [0, 0.05) is 44.2 Å². The zero-order valence-corrected chi connectivity index (χ0v) is 33.9. The Labute approximate surface area is 359 Å². The monoisotopic (exact) mass is 793 g/mol. The summed E-state index contributed by atoms with van der Waals surface area (Å²) in [5.41, 5.74) is 15.8. The van der Waals surface area contributed by atoms with Crippen molar-refractivity contribution >= 4 is 38.3 Å². The second kappa shape index (κ2) is 14.8. The van der Waals surface area contributed by atoms with Crippen LogP contribution in [0.2, 0.25) is 0 Å². The van der Waals surface area contributed by atoms with Gasteiger partial charge in [0.15, 0.2) is 17.5 Å². The van der Waals surface area contributed by atoms with Crippen LogP contribution in [0.15, 0.2) is 212 Å². The van der Waals surface area contributed by atoms with Gasteiger partial charge >= 0.3 is 0 Å². The van der Waals surface area contributed by atoms with E-state index in [-0.39, 0.29) is 0 Å². The van der Waals surface area contributed by atoms with Crippen molar-refractivity contribution in [1.29, 1.82) is 0 Å². The van der Waals surface area contributed by atoms with Crippen LogP contribution in [0.4, 0.5) is 0 Å². The van der Waals surface area contributed by atoms with E-state index < -0.39 is 0 Å². The van der Waals surface area contributed by atoms with Crippen molar-refractivity contribution < 1.29 is 0 Å². The molecule has 0 amide bonds. The van der Waals surface area contributed by atoms with Gasteiger partial charge in [-0.15, -0.1) is 0 Å². The first kappa shape index (κ1) is 35.8. The lowest BCUT2D eigenvalue weighted by molar-refractivity contribution is 0.884. The average molecular weight is 794 g/mol. The number of allylic oxidation sites excluding steroid dienone is 1. The van der Waals surface area contributed by atoms with Crippen LogP contribution in [0.3, 0.4) is 0 Å². The second-order valence-corrected chi connectivity index (χ2v) is 15.8. The van der Waals surface area contributed by atoms with Gasteiger partial charge in [-0.05, 0) is 71.5 Å². The van der Waals surface area contributed by atoms with Crippen LogP contribution >= 0.6 is 0 Å². The van der Waals surface area contributed by atoms with Crippen molar-refractivity contribution in [2.24, 2.45) is 0 Å². The number of rotatable bonds is 7. The molecular weight excluding hydrogens is 755 g/mol. The second-order valence-electron chi connectivity index (χ2n) is 15.8. The van der Waals surface area contributed by atoms with Crippen LogP contribution in [0.25, 0.3) is 94.9 Å². The lowest BCUT2D eigenvalue weighted by Gasteiger charge is -2.22. The number of benzene rings is 8. The Morgan fingerprint density at radius 3 is 1.56 bits per heavy atom. The van der Waals surface area contributed by atoms with Crippen LogP contribution in [-0.4, -0.2) is 24.1 Å². The molecule has 0 N–H and O–H groups in total. The summed E-state index contributed by atoms with van der Waals surface area (Å²) >= 11 is 0. The summed E-state index contributed by atoms with van der Waals surface area (Å²) in [6.07, 6.45) is 4.25. The smallest absolute Gasteiger partial charge is 0.166 e. The maximum Gasteiger partial charge on any atom is 0.166 e. The zero-order valence-electron chi connectivity index (χ0n) is 33.9. The predicted octanol–water partition coefficient (Wildman–Crippen LogP) is 14.0. The Hall–Kier alpha value is -8.15. The van der Waals surface area contributed by atoms with Crippen molar-refractivity contribution in [1.82, 2.24) is 24.1 Å². The number of hydrogen-bond acceptors (Lipinski definition) is 3. The molecule has 0 fully saturated rings. The highest BCUT2D eigenvalue weighted by molar-refractivity contribution is 6.16. The number of fused-ring (bicyclic) bond motifs is 6. The Kier molecular flexibility index (Phi) is 8.56. The molecule has 1 aliphatic carbocycles. The van der Waals surface area contributed by atoms with Gasteiger partial charge < -0.3 is 9.13 Å². The zero-order chi connectivity index (χ0) is 41.0. The maximum atomic E-state index is 5.35. The van der Waals surface area contributed by atoms with E-state index in [4.69, 9.17) is 15.0 Å². The molecular formula is C57H39N5. The molecule has 0 radical (unpaired) electrons. The van der Waals surface area contributed by atoms with E-state index in [1.54, 1.807) is 0 Å². The first-order valence-electron chi connectivity index (χ1n) is 21.3. The molecule has 292 valence electrons. The standard InChI is InChI=1S/C57H39N5/c1-5-20-38(21-6-1)42-30-17-37-51(54(42)57-59-55(39-22-7-2-8-23-39)58-56(60-57)40-24-9-3-10-25-40)62-48-34-16-14-29-46(48)53-44(32-19-36-50(53)62)43-31-18-35-49-52(43)45-28-13-15-33-47(45)61(49)41-26-11-4-12-27-41/h1-18,20-35,37H,19,36H2. The van der Waals surface area contributed by atoms with E-state index in [1.165, 1.54) is 49.6 Å². The number of nitrogens with zero attached hydrogens (tertiary/aromatic N) is 5. The van der Waals surface area contributed by atoms with Crippen LogP contribution in [0, 0.1) is 0 Å². The van der Waals surface area contributed by atoms with Crippen LogP contribution in [0.1, 0.15) is 23.2 Å².